The van der Waals surface area contributed by atoms with Crippen LogP contribution < -0.4 is 4.90 Å². The fourth-order valence-electron chi connectivity index (χ4n) is 1.68. The molecule has 0 amide bonds. The number of rotatable bonds is 3. The topological polar surface area (TPSA) is 34.0 Å². The molecule has 0 aliphatic heterocycles. The van der Waals surface area contributed by atoms with Crippen LogP contribution in [-0.4, -0.2) is 21.6 Å². The zero-order valence-corrected chi connectivity index (χ0v) is 11.6. The Labute approximate surface area is 118 Å². The Balaban J connectivity index is 2.28. The zero-order valence-electron chi connectivity index (χ0n) is 10.8. The summed E-state index contributed by atoms with van der Waals surface area (Å²) < 4.78 is 40.0. The summed E-state index contributed by atoms with van der Waals surface area (Å²) in [5.74, 6) is 0.857. The predicted octanol–water partition coefficient (Wildman–Crippen LogP) is 3.12. The molecule has 0 saturated heterocycles. The number of hydrogen-bond acceptors (Lipinski definition) is 3. The Morgan fingerprint density at radius 1 is 1.35 bits per heavy atom. The lowest BCUT2D eigenvalue weighted by molar-refractivity contribution is -0.137. The third kappa shape index (κ3) is 3.22. The summed E-state index contributed by atoms with van der Waals surface area (Å²) in [5.41, 5.74) is -0.820. The number of aryl methyl sites for hydroxylation is 1. The van der Waals surface area contributed by atoms with Crippen LogP contribution in [0, 0.1) is 0 Å². The molecule has 2 aromatic rings. The Morgan fingerprint density at radius 2 is 2.05 bits per heavy atom. The van der Waals surface area contributed by atoms with Crippen LogP contribution in [0.1, 0.15) is 11.4 Å². The number of nitrogens with zero attached hydrogens (tertiary/aromatic N) is 4. The lowest BCUT2D eigenvalue weighted by atomic mass is 10.2. The lowest BCUT2D eigenvalue weighted by Crippen LogP contribution is -2.21. The maximum absolute atomic E-state index is 12.7. The molecule has 0 spiro atoms. The molecule has 0 bridgehead atoms. The monoisotopic (exact) mass is 304 g/mol. The van der Waals surface area contributed by atoms with Crippen LogP contribution in [-0.2, 0) is 19.8 Å². The van der Waals surface area contributed by atoms with Crippen LogP contribution in [0.3, 0.4) is 0 Å². The van der Waals surface area contributed by atoms with E-state index >= 15 is 0 Å². The molecule has 108 valence electrons. The highest BCUT2D eigenvalue weighted by atomic mass is 35.5. The van der Waals surface area contributed by atoms with Gasteiger partial charge in [-0.15, -0.1) is 0 Å². The Bertz CT molecular complexity index is 609. The second kappa shape index (κ2) is 5.32. The smallest absolute Gasteiger partial charge is 0.352 e. The molecule has 2 rings (SSSR count). The first kappa shape index (κ1) is 14.6. The van der Waals surface area contributed by atoms with Gasteiger partial charge in [0.05, 0.1) is 12.1 Å². The molecule has 0 N–H and O–H groups in total. The van der Waals surface area contributed by atoms with Gasteiger partial charge in [-0.05, 0) is 12.1 Å². The van der Waals surface area contributed by atoms with E-state index < -0.39 is 11.7 Å². The van der Waals surface area contributed by atoms with E-state index in [-0.39, 0.29) is 11.0 Å². The molecule has 0 fully saturated rings. The first-order chi connectivity index (χ1) is 9.27. The van der Waals surface area contributed by atoms with Gasteiger partial charge < -0.3 is 9.47 Å². The van der Waals surface area contributed by atoms with Gasteiger partial charge in [0.1, 0.15) is 16.8 Å². The Hall–Kier alpha value is -1.76. The van der Waals surface area contributed by atoms with Crippen molar-refractivity contribution in [1.82, 2.24) is 14.5 Å². The third-order valence-electron chi connectivity index (χ3n) is 2.80. The highest BCUT2D eigenvalue weighted by Crippen LogP contribution is 2.32. The molecule has 0 aromatic carbocycles. The SMILES string of the molecule is CN(Cc1nccn1C)c1cc(C(F)(F)F)cc(Cl)n1. The molecule has 0 aliphatic rings. The van der Waals surface area contributed by atoms with E-state index in [1.165, 1.54) is 0 Å². The fraction of sp³-hybridized carbons (Fsp3) is 0.333. The maximum atomic E-state index is 12.7. The number of hydrogen-bond donors (Lipinski definition) is 0. The van der Waals surface area contributed by atoms with Crippen LogP contribution in [0.25, 0.3) is 0 Å². The van der Waals surface area contributed by atoms with E-state index in [4.69, 9.17) is 11.6 Å². The maximum Gasteiger partial charge on any atom is 0.416 e. The minimum absolute atomic E-state index is 0.146. The molecular formula is C12H12ClF3N4. The second-order valence-corrected chi connectivity index (χ2v) is 4.73. The van der Waals surface area contributed by atoms with Crippen molar-refractivity contribution in [2.24, 2.45) is 7.05 Å². The summed E-state index contributed by atoms with van der Waals surface area (Å²) in [6.07, 6.45) is -1.07. The van der Waals surface area contributed by atoms with Crippen molar-refractivity contribution in [3.05, 3.63) is 41.1 Å². The van der Waals surface area contributed by atoms with Gasteiger partial charge in [0, 0.05) is 26.5 Å². The van der Waals surface area contributed by atoms with Crippen LogP contribution in [0.4, 0.5) is 19.0 Å². The zero-order chi connectivity index (χ0) is 14.9. The third-order valence-corrected chi connectivity index (χ3v) is 2.99. The average Bonchev–Trinajstić information content (AvgIpc) is 2.73. The summed E-state index contributed by atoms with van der Waals surface area (Å²) in [5, 5.41) is -0.193. The molecule has 0 radical (unpaired) electrons. The van der Waals surface area contributed by atoms with Gasteiger partial charge in [0.2, 0.25) is 0 Å². The second-order valence-electron chi connectivity index (χ2n) is 4.34. The summed E-state index contributed by atoms with van der Waals surface area (Å²) >= 11 is 5.65. The number of halogens is 4. The molecule has 0 unspecified atom stereocenters. The van der Waals surface area contributed by atoms with Gasteiger partial charge in [0.15, 0.2) is 0 Å². The summed E-state index contributed by atoms with van der Waals surface area (Å²) in [6.45, 7) is 0.328. The average molecular weight is 305 g/mol. The molecular weight excluding hydrogens is 293 g/mol. The molecule has 4 nitrogen and oxygen atoms in total. The van der Waals surface area contributed by atoms with E-state index in [2.05, 4.69) is 9.97 Å². The molecule has 0 aliphatic carbocycles. The predicted molar refractivity (Wildman–Crippen MR) is 69.6 cm³/mol. The van der Waals surface area contributed by atoms with Crippen LogP contribution in [0.5, 0.6) is 0 Å². The molecule has 0 atom stereocenters. The number of aromatic nitrogens is 3. The van der Waals surface area contributed by atoms with Crippen molar-refractivity contribution in [2.45, 2.75) is 12.7 Å². The molecule has 2 aromatic heterocycles. The van der Waals surface area contributed by atoms with Gasteiger partial charge in [-0.2, -0.15) is 13.2 Å². The van der Waals surface area contributed by atoms with Gasteiger partial charge in [-0.25, -0.2) is 9.97 Å². The van der Waals surface area contributed by atoms with Crippen molar-refractivity contribution in [1.29, 1.82) is 0 Å². The van der Waals surface area contributed by atoms with Crippen molar-refractivity contribution >= 4 is 17.4 Å². The first-order valence-electron chi connectivity index (χ1n) is 5.69. The molecule has 0 saturated carbocycles. The first-order valence-corrected chi connectivity index (χ1v) is 6.07. The molecule has 8 heteroatoms. The molecule has 20 heavy (non-hydrogen) atoms. The van der Waals surface area contributed by atoms with E-state index in [0.717, 1.165) is 12.1 Å². The van der Waals surface area contributed by atoms with E-state index in [1.54, 1.807) is 28.9 Å². The van der Waals surface area contributed by atoms with E-state index in [1.807, 2.05) is 7.05 Å². The minimum atomic E-state index is -4.45. The van der Waals surface area contributed by atoms with Crippen LogP contribution in [0.2, 0.25) is 5.15 Å². The van der Waals surface area contributed by atoms with Gasteiger partial charge in [-0.3, -0.25) is 0 Å². The van der Waals surface area contributed by atoms with Crippen LogP contribution in [0.15, 0.2) is 24.5 Å². The van der Waals surface area contributed by atoms with Gasteiger partial charge in [-0.1, -0.05) is 11.6 Å². The number of imidazole rings is 1. The fourth-order valence-corrected chi connectivity index (χ4v) is 1.89. The number of pyridine rings is 1. The van der Waals surface area contributed by atoms with Crippen molar-refractivity contribution in [3.8, 4) is 0 Å². The number of alkyl halides is 3. The van der Waals surface area contributed by atoms with Gasteiger partial charge in [0.25, 0.3) is 0 Å². The van der Waals surface area contributed by atoms with Crippen molar-refractivity contribution in [2.75, 3.05) is 11.9 Å². The number of anilines is 1. The van der Waals surface area contributed by atoms with Gasteiger partial charge >= 0.3 is 6.18 Å². The Kier molecular flexibility index (Phi) is 3.89. The minimum Gasteiger partial charge on any atom is -0.352 e. The lowest BCUT2D eigenvalue weighted by Gasteiger charge is -2.19. The van der Waals surface area contributed by atoms with E-state index in [9.17, 15) is 13.2 Å². The van der Waals surface area contributed by atoms with Crippen LogP contribution >= 0.6 is 11.6 Å². The van der Waals surface area contributed by atoms with E-state index in [0.29, 0.717) is 12.4 Å². The summed E-state index contributed by atoms with van der Waals surface area (Å²) in [7, 11) is 3.44. The Morgan fingerprint density at radius 3 is 2.60 bits per heavy atom. The quantitative estimate of drug-likeness (QED) is 0.817. The largest absolute Gasteiger partial charge is 0.416 e. The standard InChI is InChI=1S/C12H12ClF3N4/c1-19-4-3-17-11(19)7-20(2)10-6-8(12(14,15)16)5-9(13)18-10/h3-6H,7H2,1-2H3. The van der Waals surface area contributed by atoms with Crippen molar-refractivity contribution < 1.29 is 13.2 Å². The summed E-state index contributed by atoms with van der Waals surface area (Å²) in [6, 6.07) is 1.77. The highest BCUT2D eigenvalue weighted by Gasteiger charge is 2.32. The normalized spacial score (nSPS) is 11.7. The highest BCUT2D eigenvalue weighted by molar-refractivity contribution is 6.29. The summed E-state index contributed by atoms with van der Waals surface area (Å²) in [4.78, 5) is 9.58. The van der Waals surface area contributed by atoms with Crippen molar-refractivity contribution in [3.63, 3.8) is 0 Å². The molecule has 2 heterocycles.